The SMILES string of the molecule is Cn1cc(C(=O)N2CCC(Nc3ccc4nccn4n3)C2)c(C2CC2)n1. The molecule has 1 aliphatic heterocycles. The van der Waals surface area contributed by atoms with Crippen LogP contribution in [-0.2, 0) is 7.05 Å². The average Bonchev–Trinajstić information content (AvgIpc) is 3.04. The molecule has 3 aromatic rings. The van der Waals surface area contributed by atoms with Gasteiger partial charge in [0.25, 0.3) is 5.91 Å². The number of amides is 1. The number of hydrogen-bond donors (Lipinski definition) is 1. The summed E-state index contributed by atoms with van der Waals surface area (Å²) in [5, 5.41) is 12.5. The van der Waals surface area contributed by atoms with Crippen LogP contribution in [0.25, 0.3) is 5.65 Å². The molecule has 2 aliphatic rings. The normalized spacial score (nSPS) is 20.0. The summed E-state index contributed by atoms with van der Waals surface area (Å²) >= 11 is 0. The van der Waals surface area contributed by atoms with Gasteiger partial charge in [0, 0.05) is 50.7 Å². The quantitative estimate of drug-likeness (QED) is 0.773. The van der Waals surface area contributed by atoms with Crippen molar-refractivity contribution in [2.24, 2.45) is 7.05 Å². The van der Waals surface area contributed by atoms with Crippen LogP contribution >= 0.6 is 0 Å². The van der Waals surface area contributed by atoms with E-state index in [0.29, 0.717) is 12.5 Å². The first-order valence-electron chi connectivity index (χ1n) is 9.07. The maximum Gasteiger partial charge on any atom is 0.257 e. The van der Waals surface area contributed by atoms with E-state index < -0.39 is 0 Å². The molecule has 5 rings (SSSR count). The molecule has 1 aliphatic carbocycles. The lowest BCUT2D eigenvalue weighted by molar-refractivity contribution is 0.0790. The molecular formula is C18H21N7O. The predicted molar refractivity (Wildman–Crippen MR) is 96.1 cm³/mol. The third kappa shape index (κ3) is 2.71. The Balaban J connectivity index is 1.28. The highest BCUT2D eigenvalue weighted by atomic mass is 16.2. The molecule has 1 amide bonds. The van der Waals surface area contributed by atoms with E-state index in [1.54, 1.807) is 15.4 Å². The summed E-state index contributed by atoms with van der Waals surface area (Å²) in [6.45, 7) is 1.43. The molecule has 1 atom stereocenters. The van der Waals surface area contributed by atoms with E-state index in [9.17, 15) is 4.79 Å². The minimum absolute atomic E-state index is 0.0994. The number of nitrogens with one attached hydrogen (secondary N) is 1. The van der Waals surface area contributed by atoms with E-state index in [2.05, 4.69) is 20.5 Å². The molecule has 0 aromatic carbocycles. The highest BCUT2D eigenvalue weighted by Gasteiger charge is 2.34. The minimum Gasteiger partial charge on any atom is -0.364 e. The van der Waals surface area contributed by atoms with Crippen LogP contribution in [0.2, 0.25) is 0 Å². The second-order valence-corrected chi connectivity index (χ2v) is 7.21. The van der Waals surface area contributed by atoms with Crippen LogP contribution in [0, 0.1) is 0 Å². The van der Waals surface area contributed by atoms with E-state index in [1.807, 2.05) is 36.5 Å². The zero-order chi connectivity index (χ0) is 17.7. The molecule has 3 aromatic heterocycles. The van der Waals surface area contributed by atoms with E-state index in [0.717, 1.165) is 48.5 Å². The average molecular weight is 351 g/mol. The number of fused-ring (bicyclic) bond motifs is 1. The van der Waals surface area contributed by atoms with Gasteiger partial charge >= 0.3 is 0 Å². The minimum atomic E-state index is 0.0994. The summed E-state index contributed by atoms with van der Waals surface area (Å²) in [6, 6.07) is 4.07. The number of likely N-dealkylation sites (tertiary alicyclic amines) is 1. The van der Waals surface area contributed by atoms with Crippen molar-refractivity contribution in [2.75, 3.05) is 18.4 Å². The molecule has 134 valence electrons. The molecule has 1 saturated heterocycles. The Morgan fingerprint density at radius 3 is 2.96 bits per heavy atom. The van der Waals surface area contributed by atoms with Gasteiger partial charge in [0.2, 0.25) is 0 Å². The highest BCUT2D eigenvalue weighted by molar-refractivity contribution is 5.95. The smallest absolute Gasteiger partial charge is 0.257 e. The standard InChI is InChI=1S/C18H21N7O/c1-23-11-14(17(22-23)12-2-3-12)18(26)24-8-6-13(10-24)20-15-4-5-16-19-7-9-25(16)21-15/h4-5,7,9,11-13H,2-3,6,8,10H2,1H3,(H,20,21). The molecule has 8 heteroatoms. The summed E-state index contributed by atoms with van der Waals surface area (Å²) < 4.78 is 3.51. The number of anilines is 1. The Hall–Kier alpha value is -2.90. The van der Waals surface area contributed by atoms with Crippen LogP contribution in [0.4, 0.5) is 5.82 Å². The summed E-state index contributed by atoms with van der Waals surface area (Å²) in [5.41, 5.74) is 2.57. The van der Waals surface area contributed by atoms with Gasteiger partial charge in [0.05, 0.1) is 11.3 Å². The van der Waals surface area contributed by atoms with Crippen molar-refractivity contribution in [1.82, 2.24) is 29.3 Å². The fraction of sp³-hybridized carbons (Fsp3) is 0.444. The van der Waals surface area contributed by atoms with Gasteiger partial charge in [0.1, 0.15) is 5.82 Å². The lowest BCUT2D eigenvalue weighted by Gasteiger charge is -2.17. The maximum atomic E-state index is 13.0. The van der Waals surface area contributed by atoms with Crippen LogP contribution in [0.1, 0.15) is 41.2 Å². The van der Waals surface area contributed by atoms with Crippen molar-refractivity contribution in [1.29, 1.82) is 0 Å². The van der Waals surface area contributed by atoms with Gasteiger partial charge < -0.3 is 10.2 Å². The number of nitrogens with zero attached hydrogens (tertiary/aromatic N) is 6. The number of aromatic nitrogens is 5. The lowest BCUT2D eigenvalue weighted by Crippen LogP contribution is -2.32. The molecule has 1 saturated carbocycles. The number of imidazole rings is 1. The first-order chi connectivity index (χ1) is 12.7. The van der Waals surface area contributed by atoms with Gasteiger partial charge in [-0.3, -0.25) is 9.48 Å². The Morgan fingerprint density at radius 1 is 1.23 bits per heavy atom. The summed E-state index contributed by atoms with van der Waals surface area (Å²) in [7, 11) is 1.88. The van der Waals surface area contributed by atoms with Crippen molar-refractivity contribution < 1.29 is 4.79 Å². The first kappa shape index (κ1) is 15.4. The molecule has 0 radical (unpaired) electrons. The van der Waals surface area contributed by atoms with Crippen LogP contribution in [0.3, 0.4) is 0 Å². The second-order valence-electron chi connectivity index (χ2n) is 7.21. The fourth-order valence-corrected chi connectivity index (χ4v) is 3.66. The summed E-state index contributed by atoms with van der Waals surface area (Å²) in [6.07, 6.45) is 8.62. The third-order valence-corrected chi connectivity index (χ3v) is 5.13. The molecule has 1 N–H and O–H groups in total. The Bertz CT molecular complexity index is 971. The van der Waals surface area contributed by atoms with Crippen LogP contribution < -0.4 is 5.32 Å². The largest absolute Gasteiger partial charge is 0.364 e. The van der Waals surface area contributed by atoms with E-state index in [4.69, 9.17) is 0 Å². The Kier molecular flexibility index (Phi) is 3.44. The maximum absolute atomic E-state index is 13.0. The molecular weight excluding hydrogens is 330 g/mol. The van der Waals surface area contributed by atoms with Gasteiger partial charge in [-0.25, -0.2) is 9.50 Å². The molecule has 0 spiro atoms. The number of carbonyl (C=O) groups is 1. The van der Waals surface area contributed by atoms with Crippen molar-refractivity contribution >= 4 is 17.4 Å². The molecule has 26 heavy (non-hydrogen) atoms. The van der Waals surface area contributed by atoms with Gasteiger partial charge in [-0.1, -0.05) is 0 Å². The Morgan fingerprint density at radius 2 is 2.12 bits per heavy atom. The molecule has 8 nitrogen and oxygen atoms in total. The number of rotatable bonds is 4. The van der Waals surface area contributed by atoms with Gasteiger partial charge in [-0.05, 0) is 31.4 Å². The number of aryl methyl sites for hydroxylation is 1. The van der Waals surface area contributed by atoms with Crippen LogP contribution in [0.15, 0.2) is 30.7 Å². The third-order valence-electron chi connectivity index (χ3n) is 5.13. The topological polar surface area (TPSA) is 80.4 Å². The molecule has 1 unspecified atom stereocenters. The summed E-state index contributed by atoms with van der Waals surface area (Å²) in [4.78, 5) is 19.1. The van der Waals surface area contributed by atoms with Crippen LogP contribution in [0.5, 0.6) is 0 Å². The van der Waals surface area contributed by atoms with Crippen LogP contribution in [-0.4, -0.2) is 54.3 Å². The zero-order valence-electron chi connectivity index (χ0n) is 14.7. The van der Waals surface area contributed by atoms with Crippen molar-refractivity contribution in [2.45, 2.75) is 31.2 Å². The predicted octanol–water partition coefficient (Wildman–Crippen LogP) is 1.67. The lowest BCUT2D eigenvalue weighted by atomic mass is 10.1. The van der Waals surface area contributed by atoms with Crippen molar-refractivity contribution in [3.63, 3.8) is 0 Å². The first-order valence-corrected chi connectivity index (χ1v) is 9.07. The zero-order valence-corrected chi connectivity index (χ0v) is 14.7. The van der Waals surface area contributed by atoms with E-state index in [1.165, 1.54) is 0 Å². The highest BCUT2D eigenvalue weighted by Crippen LogP contribution is 2.41. The van der Waals surface area contributed by atoms with E-state index in [-0.39, 0.29) is 11.9 Å². The molecule has 2 fully saturated rings. The van der Waals surface area contributed by atoms with Crippen molar-refractivity contribution in [3.8, 4) is 0 Å². The van der Waals surface area contributed by atoms with Gasteiger partial charge in [0.15, 0.2) is 5.65 Å². The summed E-state index contributed by atoms with van der Waals surface area (Å²) in [5.74, 6) is 1.37. The van der Waals surface area contributed by atoms with E-state index >= 15 is 0 Å². The van der Waals surface area contributed by atoms with Crippen molar-refractivity contribution in [3.05, 3.63) is 42.0 Å². The second kappa shape index (κ2) is 5.82. The fourth-order valence-electron chi connectivity index (χ4n) is 3.66. The monoisotopic (exact) mass is 351 g/mol. The molecule has 4 heterocycles. The van der Waals surface area contributed by atoms with Gasteiger partial charge in [-0.2, -0.15) is 5.10 Å². The number of hydrogen-bond acceptors (Lipinski definition) is 5. The Labute approximate surface area is 150 Å². The number of carbonyl (C=O) groups excluding carboxylic acids is 1. The van der Waals surface area contributed by atoms with Gasteiger partial charge in [-0.15, -0.1) is 5.10 Å². The molecule has 0 bridgehead atoms.